The van der Waals surface area contributed by atoms with Crippen molar-refractivity contribution in [1.29, 1.82) is 0 Å². The zero-order valence-corrected chi connectivity index (χ0v) is 10.9. The molecule has 1 amide bonds. The summed E-state index contributed by atoms with van der Waals surface area (Å²) in [6, 6.07) is 4.57. The summed E-state index contributed by atoms with van der Waals surface area (Å²) in [6.45, 7) is 6.54. The fourth-order valence-corrected chi connectivity index (χ4v) is 2.27. The van der Waals surface area contributed by atoms with Gasteiger partial charge in [0.1, 0.15) is 0 Å². The summed E-state index contributed by atoms with van der Waals surface area (Å²) in [7, 11) is 0. The van der Waals surface area contributed by atoms with E-state index in [0.29, 0.717) is 12.6 Å². The lowest BCUT2D eigenvalue weighted by Gasteiger charge is -2.16. The Morgan fingerprint density at radius 3 is 2.75 bits per heavy atom. The van der Waals surface area contributed by atoms with Crippen LogP contribution in [0.25, 0.3) is 0 Å². The van der Waals surface area contributed by atoms with Gasteiger partial charge in [0.25, 0.3) is 0 Å². The van der Waals surface area contributed by atoms with E-state index in [-0.39, 0.29) is 11.9 Å². The molecule has 1 unspecified atom stereocenters. The van der Waals surface area contributed by atoms with Crippen molar-refractivity contribution in [3.63, 3.8) is 0 Å². The second-order valence-electron chi connectivity index (χ2n) is 4.08. The fourth-order valence-electron chi connectivity index (χ4n) is 1.41. The average Bonchev–Trinajstić information content (AvgIpc) is 2.76. The van der Waals surface area contributed by atoms with Gasteiger partial charge in [0, 0.05) is 10.9 Å². The Morgan fingerprint density at radius 2 is 2.25 bits per heavy atom. The molecule has 1 aromatic heterocycles. The molecule has 1 rings (SSSR count). The van der Waals surface area contributed by atoms with Crippen LogP contribution in [0, 0.1) is 0 Å². The van der Waals surface area contributed by atoms with E-state index in [0.717, 1.165) is 6.42 Å². The number of thiophene rings is 1. The molecule has 1 aromatic rings. The SMILES string of the molecule is CCC(NC(=O)CNC(C)C)c1cccs1. The van der Waals surface area contributed by atoms with Crippen molar-refractivity contribution in [3.8, 4) is 0 Å². The summed E-state index contributed by atoms with van der Waals surface area (Å²) in [5, 5.41) is 8.18. The number of carbonyl (C=O) groups excluding carboxylic acids is 1. The van der Waals surface area contributed by atoms with E-state index < -0.39 is 0 Å². The zero-order valence-electron chi connectivity index (χ0n) is 10.1. The zero-order chi connectivity index (χ0) is 12.0. The van der Waals surface area contributed by atoms with Crippen LogP contribution in [0.15, 0.2) is 17.5 Å². The highest BCUT2D eigenvalue weighted by Gasteiger charge is 2.13. The van der Waals surface area contributed by atoms with Crippen molar-refractivity contribution in [2.75, 3.05) is 6.54 Å². The summed E-state index contributed by atoms with van der Waals surface area (Å²) < 4.78 is 0. The van der Waals surface area contributed by atoms with Crippen molar-refractivity contribution in [2.24, 2.45) is 0 Å². The third kappa shape index (κ3) is 4.33. The number of rotatable bonds is 6. The molecule has 0 aliphatic carbocycles. The molecular formula is C12H20N2OS. The molecule has 0 aliphatic rings. The number of hydrogen-bond acceptors (Lipinski definition) is 3. The minimum Gasteiger partial charge on any atom is -0.347 e. The molecule has 16 heavy (non-hydrogen) atoms. The molecule has 0 spiro atoms. The highest BCUT2D eigenvalue weighted by molar-refractivity contribution is 7.10. The van der Waals surface area contributed by atoms with Gasteiger partial charge in [0.05, 0.1) is 12.6 Å². The second kappa shape index (κ2) is 6.66. The summed E-state index contributed by atoms with van der Waals surface area (Å²) in [5.74, 6) is 0.0638. The van der Waals surface area contributed by atoms with Crippen LogP contribution in [0.1, 0.15) is 38.1 Å². The minimum absolute atomic E-state index is 0.0638. The second-order valence-corrected chi connectivity index (χ2v) is 5.06. The molecule has 2 N–H and O–H groups in total. The van der Waals surface area contributed by atoms with Crippen molar-refractivity contribution in [3.05, 3.63) is 22.4 Å². The third-order valence-corrected chi connectivity index (χ3v) is 3.29. The van der Waals surface area contributed by atoms with E-state index in [4.69, 9.17) is 0 Å². The van der Waals surface area contributed by atoms with E-state index in [1.807, 2.05) is 25.3 Å². The molecule has 0 fully saturated rings. The molecule has 1 atom stereocenters. The Kier molecular flexibility index (Phi) is 5.49. The number of amides is 1. The molecule has 0 bridgehead atoms. The molecule has 3 nitrogen and oxygen atoms in total. The van der Waals surface area contributed by atoms with Crippen molar-refractivity contribution < 1.29 is 4.79 Å². The first-order valence-electron chi connectivity index (χ1n) is 5.69. The van der Waals surface area contributed by atoms with Crippen LogP contribution in [0.2, 0.25) is 0 Å². The minimum atomic E-state index is 0.0638. The lowest BCUT2D eigenvalue weighted by molar-refractivity contribution is -0.121. The van der Waals surface area contributed by atoms with Gasteiger partial charge in [-0.05, 0) is 17.9 Å². The number of carbonyl (C=O) groups is 1. The van der Waals surface area contributed by atoms with Crippen LogP contribution < -0.4 is 10.6 Å². The predicted molar refractivity (Wildman–Crippen MR) is 68.6 cm³/mol. The molecule has 0 saturated carbocycles. The Bertz CT molecular complexity index is 309. The van der Waals surface area contributed by atoms with Gasteiger partial charge in [-0.2, -0.15) is 0 Å². The largest absolute Gasteiger partial charge is 0.347 e. The maximum atomic E-state index is 11.6. The van der Waals surface area contributed by atoms with Crippen LogP contribution in [0.3, 0.4) is 0 Å². The van der Waals surface area contributed by atoms with E-state index in [1.54, 1.807) is 11.3 Å². The van der Waals surface area contributed by atoms with Crippen LogP contribution in [0.4, 0.5) is 0 Å². The lowest BCUT2D eigenvalue weighted by Crippen LogP contribution is -2.38. The summed E-state index contributed by atoms with van der Waals surface area (Å²) >= 11 is 1.69. The molecule has 90 valence electrons. The van der Waals surface area contributed by atoms with Gasteiger partial charge in [-0.25, -0.2) is 0 Å². The normalized spacial score (nSPS) is 12.8. The van der Waals surface area contributed by atoms with Gasteiger partial charge in [0.15, 0.2) is 0 Å². The van der Waals surface area contributed by atoms with Crippen molar-refractivity contribution in [1.82, 2.24) is 10.6 Å². The third-order valence-electron chi connectivity index (χ3n) is 2.30. The first-order chi connectivity index (χ1) is 7.63. The van der Waals surface area contributed by atoms with Crippen LogP contribution in [-0.4, -0.2) is 18.5 Å². The molecule has 0 radical (unpaired) electrons. The van der Waals surface area contributed by atoms with E-state index >= 15 is 0 Å². The predicted octanol–water partition coefficient (Wildman–Crippen LogP) is 2.31. The first-order valence-corrected chi connectivity index (χ1v) is 6.57. The topological polar surface area (TPSA) is 41.1 Å². The van der Waals surface area contributed by atoms with Gasteiger partial charge in [0.2, 0.25) is 5.91 Å². The van der Waals surface area contributed by atoms with Crippen LogP contribution in [0.5, 0.6) is 0 Å². The Labute approximate surface area is 101 Å². The van der Waals surface area contributed by atoms with Crippen molar-refractivity contribution >= 4 is 17.2 Å². The molecule has 4 heteroatoms. The highest BCUT2D eigenvalue weighted by Crippen LogP contribution is 2.21. The van der Waals surface area contributed by atoms with Crippen LogP contribution in [-0.2, 0) is 4.79 Å². The van der Waals surface area contributed by atoms with Crippen molar-refractivity contribution in [2.45, 2.75) is 39.3 Å². The Hall–Kier alpha value is -0.870. The Balaban J connectivity index is 2.42. The van der Waals surface area contributed by atoms with E-state index in [1.165, 1.54) is 4.88 Å². The van der Waals surface area contributed by atoms with Gasteiger partial charge in [-0.3, -0.25) is 4.79 Å². The number of nitrogens with one attached hydrogen (secondary N) is 2. The molecule has 1 heterocycles. The monoisotopic (exact) mass is 240 g/mol. The average molecular weight is 240 g/mol. The maximum absolute atomic E-state index is 11.6. The van der Waals surface area contributed by atoms with Gasteiger partial charge in [-0.15, -0.1) is 11.3 Å². The smallest absolute Gasteiger partial charge is 0.234 e. The first kappa shape index (κ1) is 13.2. The van der Waals surface area contributed by atoms with E-state index in [2.05, 4.69) is 23.6 Å². The van der Waals surface area contributed by atoms with Gasteiger partial charge < -0.3 is 10.6 Å². The molecule has 0 aliphatic heterocycles. The summed E-state index contributed by atoms with van der Waals surface area (Å²) in [4.78, 5) is 12.9. The summed E-state index contributed by atoms with van der Waals surface area (Å²) in [6.07, 6.45) is 0.925. The molecular weight excluding hydrogens is 220 g/mol. The Morgan fingerprint density at radius 1 is 1.50 bits per heavy atom. The van der Waals surface area contributed by atoms with E-state index in [9.17, 15) is 4.79 Å². The highest BCUT2D eigenvalue weighted by atomic mass is 32.1. The van der Waals surface area contributed by atoms with Gasteiger partial charge >= 0.3 is 0 Å². The van der Waals surface area contributed by atoms with Crippen LogP contribution >= 0.6 is 11.3 Å². The molecule has 0 saturated heterocycles. The fraction of sp³-hybridized carbons (Fsp3) is 0.583. The summed E-state index contributed by atoms with van der Waals surface area (Å²) in [5.41, 5.74) is 0. The lowest BCUT2D eigenvalue weighted by atomic mass is 10.2. The van der Waals surface area contributed by atoms with Gasteiger partial charge in [-0.1, -0.05) is 26.8 Å². The molecule has 0 aromatic carbocycles. The quantitative estimate of drug-likeness (QED) is 0.801. The maximum Gasteiger partial charge on any atom is 0.234 e. The standard InChI is InChI=1S/C12H20N2OS/c1-4-10(11-6-5-7-16-11)14-12(15)8-13-9(2)3/h5-7,9-10,13H,4,8H2,1-3H3,(H,14,15). The number of hydrogen-bond donors (Lipinski definition) is 2.